The molecule has 1 aliphatic rings. The van der Waals surface area contributed by atoms with E-state index in [2.05, 4.69) is 30.9 Å². The van der Waals surface area contributed by atoms with Crippen molar-refractivity contribution in [3.05, 3.63) is 47.0 Å². The van der Waals surface area contributed by atoms with E-state index in [-0.39, 0.29) is 5.54 Å². The first-order chi connectivity index (χ1) is 12.9. The average molecular weight is 371 g/mol. The summed E-state index contributed by atoms with van der Waals surface area (Å²) in [6.45, 7) is 6.24. The molecule has 0 N–H and O–H groups in total. The van der Waals surface area contributed by atoms with E-state index in [4.69, 9.17) is 18.9 Å². The molecule has 0 amide bonds. The maximum Gasteiger partial charge on any atom is 0.203 e. The van der Waals surface area contributed by atoms with Gasteiger partial charge in [-0.15, -0.1) is 0 Å². The van der Waals surface area contributed by atoms with Gasteiger partial charge in [0, 0.05) is 18.6 Å². The molecule has 0 spiro atoms. The number of nitrogens with zero attached hydrogens (tertiary/aromatic N) is 1. The molecular formula is C22H29NO4. The van der Waals surface area contributed by atoms with Gasteiger partial charge in [0.2, 0.25) is 5.75 Å². The first-order valence-corrected chi connectivity index (χ1v) is 9.11. The summed E-state index contributed by atoms with van der Waals surface area (Å²) in [4.78, 5) is 2.48. The van der Waals surface area contributed by atoms with E-state index in [0.717, 1.165) is 30.8 Å². The Labute approximate surface area is 161 Å². The van der Waals surface area contributed by atoms with Crippen LogP contribution in [0.5, 0.6) is 23.0 Å². The van der Waals surface area contributed by atoms with Gasteiger partial charge < -0.3 is 18.9 Å². The third kappa shape index (κ3) is 3.83. The molecule has 1 heterocycles. The fraction of sp³-hybridized carbons (Fsp3) is 0.455. The molecule has 0 aromatic heterocycles. The number of benzene rings is 2. The SMILES string of the molecule is COc1ccc2c(c1)CN(Cc1cc(OC)c(OC)c(OC)c1)C(C)(C)C2. The van der Waals surface area contributed by atoms with Crippen molar-refractivity contribution in [2.45, 2.75) is 38.9 Å². The van der Waals surface area contributed by atoms with Crippen LogP contribution in [0.25, 0.3) is 0 Å². The maximum absolute atomic E-state index is 5.51. The highest BCUT2D eigenvalue weighted by Gasteiger charge is 2.33. The van der Waals surface area contributed by atoms with Gasteiger partial charge in [-0.1, -0.05) is 6.07 Å². The molecule has 146 valence electrons. The Morgan fingerprint density at radius 2 is 1.52 bits per heavy atom. The van der Waals surface area contributed by atoms with Gasteiger partial charge in [-0.05, 0) is 61.2 Å². The summed E-state index contributed by atoms with van der Waals surface area (Å²) in [6, 6.07) is 10.4. The Morgan fingerprint density at radius 1 is 0.852 bits per heavy atom. The lowest BCUT2D eigenvalue weighted by Gasteiger charge is -2.43. The molecule has 1 aliphatic heterocycles. The van der Waals surface area contributed by atoms with Crippen LogP contribution in [0.1, 0.15) is 30.5 Å². The molecule has 0 bridgehead atoms. The zero-order valence-corrected chi connectivity index (χ0v) is 17.1. The van der Waals surface area contributed by atoms with Crippen molar-refractivity contribution in [3.63, 3.8) is 0 Å². The molecular weight excluding hydrogens is 342 g/mol. The molecule has 0 atom stereocenters. The van der Waals surface area contributed by atoms with Gasteiger partial charge in [0.05, 0.1) is 28.4 Å². The minimum absolute atomic E-state index is 0.0436. The fourth-order valence-corrected chi connectivity index (χ4v) is 3.76. The van der Waals surface area contributed by atoms with E-state index >= 15 is 0 Å². The van der Waals surface area contributed by atoms with E-state index in [9.17, 15) is 0 Å². The average Bonchev–Trinajstić information content (AvgIpc) is 2.67. The molecule has 27 heavy (non-hydrogen) atoms. The number of ether oxygens (including phenoxy) is 4. The molecule has 3 rings (SSSR count). The van der Waals surface area contributed by atoms with Crippen molar-refractivity contribution in [1.82, 2.24) is 4.90 Å². The predicted octanol–water partition coefficient (Wildman–Crippen LogP) is 4.06. The maximum atomic E-state index is 5.51. The van der Waals surface area contributed by atoms with Crippen molar-refractivity contribution in [3.8, 4) is 23.0 Å². The number of rotatable bonds is 6. The highest BCUT2D eigenvalue weighted by Crippen LogP contribution is 2.40. The van der Waals surface area contributed by atoms with Crippen LogP contribution in [0.2, 0.25) is 0 Å². The molecule has 0 aliphatic carbocycles. The number of hydrogen-bond acceptors (Lipinski definition) is 5. The second kappa shape index (κ2) is 7.69. The van der Waals surface area contributed by atoms with Crippen molar-refractivity contribution in [2.75, 3.05) is 28.4 Å². The molecule has 0 radical (unpaired) electrons. The minimum Gasteiger partial charge on any atom is -0.497 e. The summed E-state index contributed by atoms with van der Waals surface area (Å²) in [7, 11) is 6.63. The van der Waals surface area contributed by atoms with Crippen molar-refractivity contribution < 1.29 is 18.9 Å². The van der Waals surface area contributed by atoms with Gasteiger partial charge in [-0.2, -0.15) is 0 Å². The van der Waals surface area contributed by atoms with Crippen molar-refractivity contribution >= 4 is 0 Å². The standard InChI is InChI=1S/C22H29NO4/c1-22(2)12-16-7-8-18(24-3)11-17(16)14-23(22)13-15-9-19(25-4)21(27-6)20(10-15)26-5/h7-11H,12-14H2,1-6H3. The van der Waals surface area contributed by atoms with Crippen LogP contribution in [0.3, 0.4) is 0 Å². The Morgan fingerprint density at radius 3 is 2.07 bits per heavy atom. The zero-order valence-electron chi connectivity index (χ0n) is 17.1. The monoisotopic (exact) mass is 371 g/mol. The predicted molar refractivity (Wildman–Crippen MR) is 106 cm³/mol. The van der Waals surface area contributed by atoms with Crippen LogP contribution in [0.4, 0.5) is 0 Å². The normalized spacial score (nSPS) is 15.8. The van der Waals surface area contributed by atoms with Gasteiger partial charge >= 0.3 is 0 Å². The first kappa shape index (κ1) is 19.4. The first-order valence-electron chi connectivity index (χ1n) is 9.11. The van der Waals surface area contributed by atoms with E-state index in [1.807, 2.05) is 18.2 Å². The summed E-state index contributed by atoms with van der Waals surface area (Å²) in [5.41, 5.74) is 3.88. The number of methoxy groups -OCH3 is 4. The number of fused-ring (bicyclic) bond motifs is 1. The van der Waals surface area contributed by atoms with Gasteiger partial charge in [-0.3, -0.25) is 4.90 Å². The molecule has 5 nitrogen and oxygen atoms in total. The minimum atomic E-state index is 0.0436. The summed E-state index contributed by atoms with van der Waals surface area (Å²) >= 11 is 0. The van der Waals surface area contributed by atoms with Crippen LogP contribution >= 0.6 is 0 Å². The Bertz CT molecular complexity index is 791. The number of hydrogen-bond donors (Lipinski definition) is 0. The van der Waals surface area contributed by atoms with Gasteiger partial charge in [0.1, 0.15) is 5.75 Å². The van der Waals surface area contributed by atoms with Crippen LogP contribution in [0, 0.1) is 0 Å². The molecule has 5 heteroatoms. The molecule has 0 unspecified atom stereocenters. The highest BCUT2D eigenvalue weighted by atomic mass is 16.5. The molecule has 2 aromatic rings. The third-order valence-electron chi connectivity index (χ3n) is 5.35. The second-order valence-corrected chi connectivity index (χ2v) is 7.51. The van der Waals surface area contributed by atoms with Gasteiger partial charge in [0.15, 0.2) is 11.5 Å². The van der Waals surface area contributed by atoms with Crippen LogP contribution < -0.4 is 18.9 Å². The highest BCUT2D eigenvalue weighted by molar-refractivity contribution is 5.54. The van der Waals surface area contributed by atoms with E-state index < -0.39 is 0 Å². The van der Waals surface area contributed by atoms with E-state index in [0.29, 0.717) is 17.2 Å². The molecule has 0 saturated heterocycles. The molecule has 2 aromatic carbocycles. The van der Waals surface area contributed by atoms with Crippen LogP contribution in [0.15, 0.2) is 30.3 Å². The summed E-state index contributed by atoms with van der Waals surface area (Å²) < 4.78 is 21.9. The lowest BCUT2D eigenvalue weighted by molar-refractivity contribution is 0.0886. The lowest BCUT2D eigenvalue weighted by atomic mass is 9.85. The Kier molecular flexibility index (Phi) is 5.51. The smallest absolute Gasteiger partial charge is 0.203 e. The zero-order chi connectivity index (χ0) is 19.6. The van der Waals surface area contributed by atoms with Gasteiger partial charge in [0.25, 0.3) is 0 Å². The second-order valence-electron chi connectivity index (χ2n) is 7.51. The quantitative estimate of drug-likeness (QED) is 0.766. The largest absolute Gasteiger partial charge is 0.497 e. The fourth-order valence-electron chi connectivity index (χ4n) is 3.76. The topological polar surface area (TPSA) is 40.2 Å². The summed E-state index contributed by atoms with van der Waals surface area (Å²) in [6.07, 6.45) is 0.997. The van der Waals surface area contributed by atoms with E-state index in [1.165, 1.54) is 11.1 Å². The molecule has 0 saturated carbocycles. The summed E-state index contributed by atoms with van der Waals surface area (Å²) in [5, 5.41) is 0. The van der Waals surface area contributed by atoms with Crippen LogP contribution in [-0.2, 0) is 19.5 Å². The van der Waals surface area contributed by atoms with Crippen molar-refractivity contribution in [1.29, 1.82) is 0 Å². The van der Waals surface area contributed by atoms with Crippen LogP contribution in [-0.4, -0.2) is 38.9 Å². The lowest BCUT2D eigenvalue weighted by Crippen LogP contribution is -2.47. The summed E-state index contributed by atoms with van der Waals surface area (Å²) in [5.74, 6) is 2.89. The Hall–Kier alpha value is -2.40. The van der Waals surface area contributed by atoms with Gasteiger partial charge in [-0.25, -0.2) is 0 Å². The Balaban J connectivity index is 1.92. The van der Waals surface area contributed by atoms with E-state index in [1.54, 1.807) is 28.4 Å². The third-order valence-corrected chi connectivity index (χ3v) is 5.35. The van der Waals surface area contributed by atoms with Crippen molar-refractivity contribution in [2.24, 2.45) is 0 Å². The molecule has 0 fully saturated rings.